The third-order valence-corrected chi connectivity index (χ3v) is 5.62. The fourth-order valence-electron chi connectivity index (χ4n) is 3.18. The van der Waals surface area contributed by atoms with Gasteiger partial charge in [0.25, 0.3) is 11.8 Å². The minimum atomic E-state index is -0.126. The Balaban J connectivity index is 1.65. The highest BCUT2D eigenvalue weighted by atomic mass is 32.2. The average Bonchev–Trinajstić information content (AvgIpc) is 2.77. The van der Waals surface area contributed by atoms with Crippen LogP contribution in [0.1, 0.15) is 40.0 Å². The van der Waals surface area contributed by atoms with Crippen molar-refractivity contribution in [2.45, 2.75) is 29.1 Å². The standard InChI is InChI=1S/C19H18N2O2S/c22-18-14-6-2-3-7-16(14)24-17-9-8-13(12-15(17)20-18)19(23)21-10-4-1-5-11-21/h2-3,6-9,12H,1,4-5,10-11H2,(H,20,22). The third kappa shape index (κ3) is 2.80. The van der Waals surface area contributed by atoms with Crippen molar-refractivity contribution in [2.24, 2.45) is 0 Å². The summed E-state index contributed by atoms with van der Waals surface area (Å²) in [7, 11) is 0. The minimum absolute atomic E-state index is 0.0542. The van der Waals surface area contributed by atoms with Gasteiger partial charge in [0, 0.05) is 28.4 Å². The van der Waals surface area contributed by atoms with Crippen LogP contribution in [0.4, 0.5) is 5.69 Å². The first kappa shape index (κ1) is 15.3. The number of fused-ring (bicyclic) bond motifs is 2. The first-order valence-corrected chi connectivity index (χ1v) is 9.05. The molecule has 24 heavy (non-hydrogen) atoms. The number of carbonyl (C=O) groups is 2. The van der Waals surface area contributed by atoms with Gasteiger partial charge < -0.3 is 10.2 Å². The Hall–Kier alpha value is -2.27. The smallest absolute Gasteiger partial charge is 0.256 e. The molecule has 0 bridgehead atoms. The van der Waals surface area contributed by atoms with Gasteiger partial charge in [0.15, 0.2) is 0 Å². The zero-order valence-electron chi connectivity index (χ0n) is 13.2. The van der Waals surface area contributed by atoms with Gasteiger partial charge >= 0.3 is 0 Å². The summed E-state index contributed by atoms with van der Waals surface area (Å²) in [5.41, 5.74) is 2.02. The van der Waals surface area contributed by atoms with Crippen molar-refractivity contribution in [3.8, 4) is 0 Å². The summed E-state index contributed by atoms with van der Waals surface area (Å²) in [5.74, 6) is -0.0714. The largest absolute Gasteiger partial charge is 0.339 e. The molecule has 1 fully saturated rings. The first-order chi connectivity index (χ1) is 11.7. The zero-order valence-corrected chi connectivity index (χ0v) is 14.1. The summed E-state index contributed by atoms with van der Waals surface area (Å²) in [6, 6.07) is 13.2. The van der Waals surface area contributed by atoms with Crippen LogP contribution < -0.4 is 5.32 Å². The van der Waals surface area contributed by atoms with Crippen molar-refractivity contribution in [1.29, 1.82) is 0 Å². The molecule has 0 spiro atoms. The summed E-state index contributed by atoms with van der Waals surface area (Å²) in [5, 5.41) is 2.95. The molecule has 4 nitrogen and oxygen atoms in total. The molecule has 1 saturated heterocycles. The lowest BCUT2D eigenvalue weighted by Gasteiger charge is -2.27. The minimum Gasteiger partial charge on any atom is -0.339 e. The van der Waals surface area contributed by atoms with Gasteiger partial charge in [0.05, 0.1) is 11.3 Å². The molecule has 2 aliphatic rings. The van der Waals surface area contributed by atoms with E-state index in [0.29, 0.717) is 16.8 Å². The van der Waals surface area contributed by atoms with E-state index in [1.165, 1.54) is 6.42 Å². The molecule has 5 heteroatoms. The Morgan fingerprint density at radius 1 is 1.00 bits per heavy atom. The van der Waals surface area contributed by atoms with Gasteiger partial charge in [-0.2, -0.15) is 0 Å². The second-order valence-electron chi connectivity index (χ2n) is 6.12. The number of benzene rings is 2. The maximum absolute atomic E-state index is 12.7. The molecule has 0 radical (unpaired) electrons. The molecular formula is C19H18N2O2S. The number of hydrogen-bond donors (Lipinski definition) is 1. The van der Waals surface area contributed by atoms with E-state index in [4.69, 9.17) is 0 Å². The Morgan fingerprint density at radius 2 is 1.79 bits per heavy atom. The topological polar surface area (TPSA) is 49.4 Å². The van der Waals surface area contributed by atoms with E-state index >= 15 is 0 Å². The summed E-state index contributed by atoms with van der Waals surface area (Å²) >= 11 is 1.55. The van der Waals surface area contributed by atoms with E-state index < -0.39 is 0 Å². The molecule has 2 aliphatic heterocycles. The molecule has 122 valence electrons. The van der Waals surface area contributed by atoms with E-state index in [9.17, 15) is 9.59 Å². The Labute approximate surface area is 145 Å². The molecule has 1 N–H and O–H groups in total. The van der Waals surface area contributed by atoms with Crippen LogP contribution in [0.25, 0.3) is 0 Å². The number of amides is 2. The number of anilines is 1. The van der Waals surface area contributed by atoms with Crippen LogP contribution in [0.15, 0.2) is 52.3 Å². The van der Waals surface area contributed by atoms with Gasteiger partial charge in [0.2, 0.25) is 0 Å². The van der Waals surface area contributed by atoms with Gasteiger partial charge in [-0.05, 0) is 49.6 Å². The molecular weight excluding hydrogens is 320 g/mol. The normalized spacial score (nSPS) is 16.7. The molecule has 0 aliphatic carbocycles. The Morgan fingerprint density at radius 3 is 2.62 bits per heavy atom. The van der Waals surface area contributed by atoms with Gasteiger partial charge in [-0.25, -0.2) is 0 Å². The third-order valence-electron chi connectivity index (χ3n) is 4.47. The molecule has 2 aromatic carbocycles. The number of piperidine rings is 1. The second kappa shape index (κ2) is 6.32. The quantitative estimate of drug-likeness (QED) is 0.854. The molecule has 0 saturated carbocycles. The SMILES string of the molecule is O=C1Nc2cc(C(=O)N3CCCCC3)ccc2Sc2ccccc21. The summed E-state index contributed by atoms with van der Waals surface area (Å²) < 4.78 is 0. The lowest BCUT2D eigenvalue weighted by Crippen LogP contribution is -2.35. The maximum atomic E-state index is 12.7. The highest BCUT2D eigenvalue weighted by molar-refractivity contribution is 7.99. The molecule has 2 heterocycles. The fourth-order valence-corrected chi connectivity index (χ4v) is 4.19. The van der Waals surface area contributed by atoms with Crippen molar-refractivity contribution >= 4 is 29.3 Å². The van der Waals surface area contributed by atoms with Crippen molar-refractivity contribution in [1.82, 2.24) is 4.90 Å². The molecule has 4 rings (SSSR count). The highest BCUT2D eigenvalue weighted by Crippen LogP contribution is 2.39. The number of hydrogen-bond acceptors (Lipinski definition) is 3. The van der Waals surface area contributed by atoms with Crippen molar-refractivity contribution < 1.29 is 9.59 Å². The van der Waals surface area contributed by atoms with E-state index in [2.05, 4.69) is 5.32 Å². The Kier molecular flexibility index (Phi) is 4.02. The molecule has 0 aromatic heterocycles. The molecule has 2 aromatic rings. The van der Waals surface area contributed by atoms with Crippen molar-refractivity contribution in [3.63, 3.8) is 0 Å². The number of carbonyl (C=O) groups excluding carboxylic acids is 2. The van der Waals surface area contributed by atoms with Crippen molar-refractivity contribution in [2.75, 3.05) is 18.4 Å². The van der Waals surface area contributed by atoms with Crippen LogP contribution in [0.2, 0.25) is 0 Å². The van der Waals surface area contributed by atoms with E-state index in [-0.39, 0.29) is 11.8 Å². The fraction of sp³-hybridized carbons (Fsp3) is 0.263. The predicted octanol–water partition coefficient (Wildman–Crippen LogP) is 4.03. The summed E-state index contributed by atoms with van der Waals surface area (Å²) in [4.78, 5) is 28.9. The summed E-state index contributed by atoms with van der Waals surface area (Å²) in [6.07, 6.45) is 3.33. The highest BCUT2D eigenvalue weighted by Gasteiger charge is 2.23. The number of rotatable bonds is 1. The van der Waals surface area contributed by atoms with Crippen LogP contribution in [0, 0.1) is 0 Å². The van der Waals surface area contributed by atoms with Crippen LogP contribution in [-0.4, -0.2) is 29.8 Å². The maximum Gasteiger partial charge on any atom is 0.256 e. The monoisotopic (exact) mass is 338 g/mol. The summed E-state index contributed by atoms with van der Waals surface area (Å²) in [6.45, 7) is 1.64. The second-order valence-corrected chi connectivity index (χ2v) is 7.20. The zero-order chi connectivity index (χ0) is 16.5. The van der Waals surface area contributed by atoms with E-state index in [1.54, 1.807) is 11.8 Å². The van der Waals surface area contributed by atoms with Gasteiger partial charge in [-0.1, -0.05) is 23.9 Å². The first-order valence-electron chi connectivity index (χ1n) is 8.24. The van der Waals surface area contributed by atoms with Crippen LogP contribution >= 0.6 is 11.8 Å². The lowest BCUT2D eigenvalue weighted by molar-refractivity contribution is 0.0724. The van der Waals surface area contributed by atoms with Gasteiger partial charge in [-0.3, -0.25) is 9.59 Å². The van der Waals surface area contributed by atoms with E-state index in [1.807, 2.05) is 47.4 Å². The number of likely N-dealkylation sites (tertiary alicyclic amines) is 1. The Bertz CT molecular complexity index is 813. The average molecular weight is 338 g/mol. The molecule has 0 atom stereocenters. The predicted molar refractivity (Wildman–Crippen MR) is 94.7 cm³/mol. The number of nitrogens with one attached hydrogen (secondary N) is 1. The number of nitrogens with zero attached hydrogens (tertiary/aromatic N) is 1. The molecule has 0 unspecified atom stereocenters. The van der Waals surface area contributed by atoms with Gasteiger partial charge in [-0.15, -0.1) is 0 Å². The van der Waals surface area contributed by atoms with Crippen LogP contribution in [-0.2, 0) is 0 Å². The lowest BCUT2D eigenvalue weighted by atomic mass is 10.1. The van der Waals surface area contributed by atoms with E-state index in [0.717, 1.165) is 35.7 Å². The van der Waals surface area contributed by atoms with Crippen LogP contribution in [0.3, 0.4) is 0 Å². The van der Waals surface area contributed by atoms with Crippen molar-refractivity contribution in [3.05, 3.63) is 53.6 Å². The molecule has 2 amide bonds. The van der Waals surface area contributed by atoms with Crippen LogP contribution in [0.5, 0.6) is 0 Å². The van der Waals surface area contributed by atoms with Gasteiger partial charge in [0.1, 0.15) is 0 Å².